The van der Waals surface area contributed by atoms with E-state index in [9.17, 15) is 35.1 Å². The van der Waals surface area contributed by atoms with Crippen LogP contribution < -0.4 is 5.32 Å². The minimum absolute atomic E-state index is 0.0149. The first kappa shape index (κ1) is 47.9. The summed E-state index contributed by atoms with van der Waals surface area (Å²) in [4.78, 5) is 29.8. The van der Waals surface area contributed by atoms with Gasteiger partial charge >= 0.3 is 12.1 Å². The number of alkyl carbamates (subject to hydrolysis) is 1. The molecular formula is C37H70N2O13. The van der Waals surface area contributed by atoms with E-state index >= 15 is 0 Å². The predicted molar refractivity (Wildman–Crippen MR) is 194 cm³/mol. The van der Waals surface area contributed by atoms with Gasteiger partial charge in [0.05, 0.1) is 44.1 Å². The number of carbonyl (C=O) groups is 2. The van der Waals surface area contributed by atoms with E-state index in [0.717, 1.165) is 19.3 Å². The Morgan fingerprint density at radius 2 is 1.42 bits per heavy atom. The largest absolute Gasteiger partial charge is 0.428 e. The molecule has 0 spiro atoms. The Bertz CT molecular complexity index is 941. The lowest BCUT2D eigenvalue weighted by Crippen LogP contribution is -2.60. The molecule has 1 amide bonds. The minimum atomic E-state index is -1.65. The van der Waals surface area contributed by atoms with E-state index < -0.39 is 68.3 Å². The number of aliphatic hydroxyl groups is 5. The molecule has 0 bridgehead atoms. The SMILES string of the molecule is CCCCCCCCCCCCCCCC[C@@H](C)[C@@H](O)[C@H](CO[C@H]1OC(CO)[C@H](O)[C@H](O)C1O)NC(=O)OCOC(=O)CC/C(C)=N/OCCOC. The highest BCUT2D eigenvalue weighted by atomic mass is 16.7. The first-order chi connectivity index (χ1) is 25.0. The molecule has 6 N–H and O–H groups in total. The van der Waals surface area contributed by atoms with Crippen LogP contribution in [0.15, 0.2) is 5.16 Å². The number of hydrogen-bond donors (Lipinski definition) is 6. The average molecular weight is 751 g/mol. The molecule has 8 atom stereocenters. The number of unbranched alkanes of at least 4 members (excludes halogenated alkanes) is 13. The summed E-state index contributed by atoms with van der Waals surface area (Å²) in [5.41, 5.74) is 0.575. The van der Waals surface area contributed by atoms with Crippen LogP contribution in [0.5, 0.6) is 0 Å². The standard InChI is InChI=1S/C37H70N2O13/c1-5-6-7-8-9-10-11-12-13-14-15-16-17-18-19-27(2)32(42)29(25-48-36-35(45)34(44)33(43)30(24-40)52-36)38-37(46)50-26-49-31(41)21-20-28(3)39-51-23-22-47-4/h27,29-30,32-36,40,42-45H,5-26H2,1-4H3,(H,38,46)/b39-28+/t27-,29+,30?,32-,33+,34+,35?,36+/m1/s1. The van der Waals surface area contributed by atoms with Crippen molar-refractivity contribution in [1.29, 1.82) is 0 Å². The third-order valence-corrected chi connectivity index (χ3v) is 9.30. The normalized spacial score (nSPS) is 22.4. The molecule has 306 valence electrons. The van der Waals surface area contributed by atoms with Gasteiger partial charge in [0.25, 0.3) is 0 Å². The van der Waals surface area contributed by atoms with Gasteiger partial charge in [0.15, 0.2) is 6.29 Å². The van der Waals surface area contributed by atoms with Gasteiger partial charge in [-0.3, -0.25) is 4.79 Å². The number of rotatable bonds is 31. The second-order valence-corrected chi connectivity index (χ2v) is 13.9. The highest BCUT2D eigenvalue weighted by molar-refractivity contribution is 5.85. The molecule has 0 aromatic heterocycles. The zero-order valence-electron chi connectivity index (χ0n) is 32.1. The Kier molecular flexibility index (Phi) is 27.9. The fourth-order valence-electron chi connectivity index (χ4n) is 5.88. The number of nitrogens with one attached hydrogen (secondary N) is 1. The summed E-state index contributed by atoms with van der Waals surface area (Å²) in [6.07, 6.45) is 8.68. The molecule has 0 aromatic rings. The molecule has 1 saturated heterocycles. The zero-order valence-corrected chi connectivity index (χ0v) is 32.1. The van der Waals surface area contributed by atoms with E-state index in [1.807, 2.05) is 6.92 Å². The van der Waals surface area contributed by atoms with E-state index in [0.29, 0.717) is 18.7 Å². The predicted octanol–water partition coefficient (Wildman–Crippen LogP) is 4.09. The second-order valence-electron chi connectivity index (χ2n) is 13.9. The first-order valence-electron chi connectivity index (χ1n) is 19.4. The Balaban J connectivity index is 2.55. The van der Waals surface area contributed by atoms with Crippen LogP contribution in [0.3, 0.4) is 0 Å². The van der Waals surface area contributed by atoms with Gasteiger partial charge in [-0.2, -0.15) is 0 Å². The maximum Gasteiger partial charge on any atom is 0.410 e. The van der Waals surface area contributed by atoms with Gasteiger partial charge in [0.1, 0.15) is 31.0 Å². The molecule has 0 saturated carbocycles. The maximum atomic E-state index is 12.7. The highest BCUT2D eigenvalue weighted by Crippen LogP contribution is 2.24. The van der Waals surface area contributed by atoms with Crippen LogP contribution in [0.1, 0.15) is 130 Å². The minimum Gasteiger partial charge on any atom is -0.428 e. The fourth-order valence-corrected chi connectivity index (χ4v) is 5.88. The van der Waals surface area contributed by atoms with Crippen molar-refractivity contribution in [2.24, 2.45) is 11.1 Å². The molecule has 1 aliphatic rings. The lowest BCUT2D eigenvalue weighted by atomic mass is 9.92. The summed E-state index contributed by atoms with van der Waals surface area (Å²) < 4.78 is 25.9. The molecule has 1 aliphatic heterocycles. The Morgan fingerprint density at radius 3 is 2.00 bits per heavy atom. The fraction of sp³-hybridized carbons (Fsp3) is 0.919. The molecule has 1 heterocycles. The van der Waals surface area contributed by atoms with E-state index in [2.05, 4.69) is 17.4 Å². The third-order valence-electron chi connectivity index (χ3n) is 9.30. The molecule has 0 aromatic carbocycles. The van der Waals surface area contributed by atoms with Gasteiger partial charge in [0.2, 0.25) is 6.79 Å². The van der Waals surface area contributed by atoms with Crippen molar-refractivity contribution in [2.75, 3.05) is 40.3 Å². The van der Waals surface area contributed by atoms with Gasteiger partial charge in [-0.25, -0.2) is 4.79 Å². The summed E-state index contributed by atoms with van der Waals surface area (Å²) in [5.74, 6) is -0.884. The second kappa shape index (κ2) is 30.2. The van der Waals surface area contributed by atoms with Crippen molar-refractivity contribution >= 4 is 17.8 Å². The smallest absolute Gasteiger partial charge is 0.410 e. The van der Waals surface area contributed by atoms with E-state index in [4.69, 9.17) is 28.5 Å². The van der Waals surface area contributed by atoms with Gasteiger partial charge < -0.3 is 59.4 Å². The number of nitrogens with zero attached hydrogens (tertiary/aromatic N) is 1. The topological polar surface area (TPSA) is 215 Å². The van der Waals surface area contributed by atoms with Crippen molar-refractivity contribution in [2.45, 2.75) is 173 Å². The lowest BCUT2D eigenvalue weighted by molar-refractivity contribution is -0.303. The number of ether oxygens (including phenoxy) is 5. The van der Waals surface area contributed by atoms with E-state index in [1.54, 1.807) is 14.0 Å². The molecule has 1 rings (SSSR count). The van der Waals surface area contributed by atoms with Gasteiger partial charge in [-0.05, 0) is 25.7 Å². The monoisotopic (exact) mass is 750 g/mol. The van der Waals surface area contributed by atoms with Crippen LogP contribution in [0.25, 0.3) is 0 Å². The lowest BCUT2D eigenvalue weighted by Gasteiger charge is -2.40. The number of oxime groups is 1. The number of aliphatic hydroxyl groups excluding tert-OH is 5. The maximum absolute atomic E-state index is 12.7. The number of esters is 1. The van der Waals surface area contributed by atoms with Crippen LogP contribution >= 0.6 is 0 Å². The molecule has 15 heteroatoms. The quantitative estimate of drug-likeness (QED) is 0.0194. The van der Waals surface area contributed by atoms with Gasteiger partial charge in [-0.1, -0.05) is 109 Å². The number of methoxy groups -OCH3 is 1. The van der Waals surface area contributed by atoms with Gasteiger partial charge in [0, 0.05) is 7.11 Å². The molecule has 0 aliphatic carbocycles. The number of hydrogen-bond acceptors (Lipinski definition) is 14. The zero-order chi connectivity index (χ0) is 38.6. The highest BCUT2D eigenvalue weighted by Gasteiger charge is 2.44. The third kappa shape index (κ3) is 21.6. The van der Waals surface area contributed by atoms with E-state index in [1.165, 1.54) is 70.6 Å². The van der Waals surface area contributed by atoms with Gasteiger partial charge in [-0.15, -0.1) is 0 Å². The van der Waals surface area contributed by atoms with Crippen molar-refractivity contribution in [3.63, 3.8) is 0 Å². The van der Waals surface area contributed by atoms with Crippen LogP contribution in [-0.4, -0.2) is 126 Å². The molecule has 52 heavy (non-hydrogen) atoms. The van der Waals surface area contributed by atoms with Crippen molar-refractivity contribution in [3.8, 4) is 0 Å². The van der Waals surface area contributed by atoms with Crippen molar-refractivity contribution in [1.82, 2.24) is 5.32 Å². The average Bonchev–Trinajstić information content (AvgIpc) is 3.13. The van der Waals surface area contributed by atoms with Crippen molar-refractivity contribution in [3.05, 3.63) is 0 Å². The van der Waals surface area contributed by atoms with Crippen LogP contribution in [0, 0.1) is 5.92 Å². The summed E-state index contributed by atoms with van der Waals surface area (Å²) in [5, 5.41) is 57.7. The molecule has 0 radical (unpaired) electrons. The van der Waals surface area contributed by atoms with Crippen LogP contribution in [0.2, 0.25) is 0 Å². The number of amides is 1. The molecule has 15 nitrogen and oxygen atoms in total. The summed E-state index contributed by atoms with van der Waals surface area (Å²) in [7, 11) is 1.54. The first-order valence-corrected chi connectivity index (χ1v) is 19.4. The molecule has 2 unspecified atom stereocenters. The van der Waals surface area contributed by atoms with Crippen LogP contribution in [-0.2, 0) is 33.3 Å². The summed E-state index contributed by atoms with van der Waals surface area (Å²) in [6, 6.07) is -1.05. The Morgan fingerprint density at radius 1 is 0.827 bits per heavy atom. The number of carbonyl (C=O) groups excluding carboxylic acids is 2. The van der Waals surface area contributed by atoms with E-state index in [-0.39, 0.29) is 32.0 Å². The van der Waals surface area contributed by atoms with Crippen LogP contribution in [0.4, 0.5) is 4.79 Å². The summed E-state index contributed by atoms with van der Waals surface area (Å²) in [6.45, 7) is 4.79. The van der Waals surface area contributed by atoms with Crippen molar-refractivity contribution < 1.29 is 63.6 Å². The molecular weight excluding hydrogens is 680 g/mol. The Labute approximate surface area is 310 Å². The summed E-state index contributed by atoms with van der Waals surface area (Å²) >= 11 is 0. The molecule has 1 fully saturated rings. The Hall–Kier alpha value is -2.11.